The van der Waals surface area contributed by atoms with Crippen molar-refractivity contribution in [3.63, 3.8) is 0 Å². The van der Waals surface area contributed by atoms with Crippen LogP contribution < -0.4 is 0 Å². The zero-order valence-corrected chi connectivity index (χ0v) is 8.47. The summed E-state index contributed by atoms with van der Waals surface area (Å²) in [6.07, 6.45) is 7.61. The van der Waals surface area contributed by atoms with Gasteiger partial charge in [0, 0.05) is 13.1 Å². The lowest BCUT2D eigenvalue weighted by atomic mass is 10.1. The summed E-state index contributed by atoms with van der Waals surface area (Å²) in [5, 5.41) is 0. The predicted octanol–water partition coefficient (Wildman–Crippen LogP) is 2.83. The van der Waals surface area contributed by atoms with Gasteiger partial charge in [0.2, 0.25) is 0 Å². The minimum atomic E-state index is 1.24. The Labute approximate surface area is 76.5 Å². The maximum absolute atomic E-state index is 2.57. The van der Waals surface area contributed by atoms with Crippen molar-refractivity contribution in [2.75, 3.05) is 19.6 Å². The van der Waals surface area contributed by atoms with Gasteiger partial charge in [0.05, 0.1) is 0 Å². The Kier molecular flexibility index (Phi) is 4.37. The van der Waals surface area contributed by atoms with Crippen LogP contribution in [0.15, 0.2) is 11.6 Å². The molecule has 0 radical (unpaired) electrons. The highest BCUT2D eigenvalue weighted by Gasteiger charge is 2.09. The van der Waals surface area contributed by atoms with E-state index in [1.807, 2.05) is 0 Å². The van der Waals surface area contributed by atoms with E-state index in [2.05, 4.69) is 24.8 Å². The van der Waals surface area contributed by atoms with Crippen LogP contribution in [0.5, 0.6) is 0 Å². The molecule has 0 aromatic carbocycles. The number of rotatable bonds is 4. The van der Waals surface area contributed by atoms with Crippen molar-refractivity contribution in [3.8, 4) is 0 Å². The second-order valence-electron chi connectivity index (χ2n) is 3.68. The van der Waals surface area contributed by atoms with Gasteiger partial charge in [-0.15, -0.1) is 0 Å². The van der Waals surface area contributed by atoms with Crippen LogP contribution in [0.1, 0.15) is 39.5 Å². The lowest BCUT2D eigenvalue weighted by molar-refractivity contribution is 0.287. The maximum atomic E-state index is 2.57. The summed E-state index contributed by atoms with van der Waals surface area (Å²) in [6.45, 7) is 8.32. The van der Waals surface area contributed by atoms with Crippen molar-refractivity contribution in [2.24, 2.45) is 0 Å². The standard InChI is InChI=1S/C11H21N/c1-3-6-11-7-5-9-12(10-11)8-4-2/h7H,3-6,8-10H2,1-2H3. The van der Waals surface area contributed by atoms with Gasteiger partial charge >= 0.3 is 0 Å². The molecule has 0 unspecified atom stereocenters. The zero-order chi connectivity index (χ0) is 8.81. The monoisotopic (exact) mass is 167 g/mol. The first-order valence-electron chi connectivity index (χ1n) is 5.27. The van der Waals surface area contributed by atoms with E-state index >= 15 is 0 Å². The molecule has 0 atom stereocenters. The summed E-state index contributed by atoms with van der Waals surface area (Å²) >= 11 is 0. The van der Waals surface area contributed by atoms with Crippen molar-refractivity contribution in [1.29, 1.82) is 0 Å². The van der Waals surface area contributed by atoms with Crippen LogP contribution in [-0.4, -0.2) is 24.5 Å². The number of hydrogen-bond acceptors (Lipinski definition) is 1. The van der Waals surface area contributed by atoms with Crippen molar-refractivity contribution in [1.82, 2.24) is 4.90 Å². The molecular weight excluding hydrogens is 146 g/mol. The maximum Gasteiger partial charge on any atom is 0.0192 e. The van der Waals surface area contributed by atoms with Gasteiger partial charge in [-0.25, -0.2) is 0 Å². The van der Waals surface area contributed by atoms with Gasteiger partial charge in [-0.05, 0) is 25.8 Å². The van der Waals surface area contributed by atoms with Gasteiger partial charge in [0.25, 0.3) is 0 Å². The average molecular weight is 167 g/mol. The molecule has 1 heterocycles. The van der Waals surface area contributed by atoms with Crippen LogP contribution in [0.3, 0.4) is 0 Å². The average Bonchev–Trinajstić information content (AvgIpc) is 2.06. The van der Waals surface area contributed by atoms with E-state index in [1.165, 1.54) is 45.3 Å². The highest BCUT2D eigenvalue weighted by atomic mass is 15.1. The highest BCUT2D eigenvalue weighted by molar-refractivity contribution is 5.07. The first kappa shape index (κ1) is 9.79. The Morgan fingerprint density at radius 3 is 2.83 bits per heavy atom. The van der Waals surface area contributed by atoms with E-state index in [9.17, 15) is 0 Å². The van der Waals surface area contributed by atoms with Crippen LogP contribution in [0.4, 0.5) is 0 Å². The third kappa shape index (κ3) is 2.98. The second kappa shape index (κ2) is 5.36. The molecule has 0 aliphatic carbocycles. The lowest BCUT2D eigenvalue weighted by Gasteiger charge is -2.26. The third-order valence-electron chi connectivity index (χ3n) is 2.42. The topological polar surface area (TPSA) is 3.24 Å². The lowest BCUT2D eigenvalue weighted by Crippen LogP contribution is -2.30. The van der Waals surface area contributed by atoms with Gasteiger partial charge in [-0.1, -0.05) is 31.9 Å². The molecule has 0 amide bonds. The Morgan fingerprint density at radius 1 is 1.33 bits per heavy atom. The van der Waals surface area contributed by atoms with E-state index in [0.717, 1.165) is 0 Å². The molecule has 70 valence electrons. The van der Waals surface area contributed by atoms with Gasteiger partial charge in [0.1, 0.15) is 0 Å². The summed E-state index contributed by atoms with van der Waals surface area (Å²) in [7, 11) is 0. The molecule has 0 saturated heterocycles. The normalized spacial score (nSPS) is 19.3. The van der Waals surface area contributed by atoms with Crippen molar-refractivity contribution < 1.29 is 0 Å². The summed E-state index contributed by atoms with van der Waals surface area (Å²) < 4.78 is 0. The molecule has 12 heavy (non-hydrogen) atoms. The van der Waals surface area contributed by atoms with Crippen LogP contribution in [0.2, 0.25) is 0 Å². The fraction of sp³-hybridized carbons (Fsp3) is 0.818. The highest BCUT2D eigenvalue weighted by Crippen LogP contribution is 2.14. The minimum Gasteiger partial charge on any atom is -0.299 e. The number of nitrogens with zero attached hydrogens (tertiary/aromatic N) is 1. The molecule has 1 heteroatoms. The van der Waals surface area contributed by atoms with Gasteiger partial charge < -0.3 is 0 Å². The summed E-state index contributed by atoms with van der Waals surface area (Å²) in [5.74, 6) is 0. The SMILES string of the molecule is CCCC1=CCCN(CCC)C1. The Hall–Kier alpha value is -0.300. The largest absolute Gasteiger partial charge is 0.299 e. The second-order valence-corrected chi connectivity index (χ2v) is 3.68. The van der Waals surface area contributed by atoms with Crippen molar-refractivity contribution in [2.45, 2.75) is 39.5 Å². The van der Waals surface area contributed by atoms with E-state index in [4.69, 9.17) is 0 Å². The van der Waals surface area contributed by atoms with E-state index in [0.29, 0.717) is 0 Å². The molecule has 0 fully saturated rings. The van der Waals surface area contributed by atoms with E-state index < -0.39 is 0 Å². The predicted molar refractivity (Wildman–Crippen MR) is 54.3 cm³/mol. The van der Waals surface area contributed by atoms with Crippen molar-refractivity contribution in [3.05, 3.63) is 11.6 Å². The van der Waals surface area contributed by atoms with E-state index in [-0.39, 0.29) is 0 Å². The Morgan fingerprint density at radius 2 is 2.17 bits per heavy atom. The Bertz CT molecular complexity index is 149. The van der Waals surface area contributed by atoms with E-state index in [1.54, 1.807) is 5.57 Å². The molecule has 0 aromatic heterocycles. The van der Waals surface area contributed by atoms with Gasteiger partial charge in [0.15, 0.2) is 0 Å². The Balaban J connectivity index is 2.31. The van der Waals surface area contributed by atoms with Crippen LogP contribution in [0, 0.1) is 0 Å². The fourth-order valence-corrected chi connectivity index (χ4v) is 1.89. The molecule has 1 nitrogen and oxygen atoms in total. The van der Waals surface area contributed by atoms with Gasteiger partial charge in [-0.3, -0.25) is 4.90 Å². The minimum absolute atomic E-state index is 1.24. The summed E-state index contributed by atoms with van der Waals surface area (Å²) in [5.41, 5.74) is 1.66. The number of hydrogen-bond donors (Lipinski definition) is 0. The molecule has 1 rings (SSSR count). The molecule has 0 bridgehead atoms. The molecule has 0 aromatic rings. The quantitative estimate of drug-likeness (QED) is 0.582. The first-order valence-corrected chi connectivity index (χ1v) is 5.27. The third-order valence-corrected chi connectivity index (χ3v) is 2.42. The molecule has 0 spiro atoms. The molecule has 0 N–H and O–H groups in total. The summed E-state index contributed by atoms with van der Waals surface area (Å²) in [4.78, 5) is 2.57. The summed E-state index contributed by atoms with van der Waals surface area (Å²) in [6, 6.07) is 0. The van der Waals surface area contributed by atoms with Crippen LogP contribution in [0.25, 0.3) is 0 Å². The fourth-order valence-electron chi connectivity index (χ4n) is 1.89. The van der Waals surface area contributed by atoms with Crippen LogP contribution in [-0.2, 0) is 0 Å². The zero-order valence-electron chi connectivity index (χ0n) is 8.47. The molecular formula is C11H21N. The van der Waals surface area contributed by atoms with Gasteiger partial charge in [-0.2, -0.15) is 0 Å². The van der Waals surface area contributed by atoms with Crippen molar-refractivity contribution >= 4 is 0 Å². The smallest absolute Gasteiger partial charge is 0.0192 e. The molecule has 1 aliphatic heterocycles. The first-order chi connectivity index (χ1) is 5.86. The molecule has 1 aliphatic rings. The molecule has 0 saturated carbocycles. The van der Waals surface area contributed by atoms with Crippen LogP contribution >= 0.6 is 0 Å².